The highest BCUT2D eigenvalue weighted by Gasteiger charge is 2.28. The molecule has 0 aromatic carbocycles. The Labute approximate surface area is 119 Å². The summed E-state index contributed by atoms with van der Waals surface area (Å²) in [5, 5.41) is 10.9. The molecule has 110 valence electrons. The number of hydrogen-bond acceptors (Lipinski definition) is 4. The SMILES string of the molecule is CCc1nc2n(n1)CCCC2NC(=O)C1CCCCN1. The van der Waals surface area contributed by atoms with E-state index in [-0.39, 0.29) is 18.0 Å². The summed E-state index contributed by atoms with van der Waals surface area (Å²) in [5.74, 6) is 1.92. The molecular formula is C14H23N5O. The van der Waals surface area contributed by atoms with Gasteiger partial charge in [-0.3, -0.25) is 4.79 Å². The Hall–Kier alpha value is -1.43. The van der Waals surface area contributed by atoms with E-state index in [9.17, 15) is 4.79 Å². The number of carbonyl (C=O) groups is 1. The Kier molecular flexibility index (Phi) is 4.00. The third kappa shape index (κ3) is 2.70. The molecule has 20 heavy (non-hydrogen) atoms. The molecule has 0 spiro atoms. The lowest BCUT2D eigenvalue weighted by molar-refractivity contribution is -0.124. The number of piperidine rings is 1. The van der Waals surface area contributed by atoms with Gasteiger partial charge in [-0.1, -0.05) is 13.3 Å². The monoisotopic (exact) mass is 277 g/mol. The zero-order valence-electron chi connectivity index (χ0n) is 12.1. The number of carbonyl (C=O) groups excluding carboxylic acids is 1. The van der Waals surface area contributed by atoms with E-state index in [4.69, 9.17) is 0 Å². The second-order valence-corrected chi connectivity index (χ2v) is 5.67. The van der Waals surface area contributed by atoms with E-state index >= 15 is 0 Å². The second kappa shape index (κ2) is 5.91. The maximum Gasteiger partial charge on any atom is 0.237 e. The van der Waals surface area contributed by atoms with Gasteiger partial charge in [-0.25, -0.2) is 9.67 Å². The third-order valence-corrected chi connectivity index (χ3v) is 4.18. The molecule has 1 saturated heterocycles. The smallest absolute Gasteiger partial charge is 0.237 e. The van der Waals surface area contributed by atoms with Gasteiger partial charge in [0.1, 0.15) is 5.82 Å². The molecule has 1 aromatic heterocycles. The second-order valence-electron chi connectivity index (χ2n) is 5.67. The molecular weight excluding hydrogens is 254 g/mol. The third-order valence-electron chi connectivity index (χ3n) is 4.18. The molecule has 1 fully saturated rings. The number of aromatic nitrogens is 3. The van der Waals surface area contributed by atoms with Crippen molar-refractivity contribution in [2.24, 2.45) is 0 Å². The van der Waals surface area contributed by atoms with Gasteiger partial charge in [-0.15, -0.1) is 0 Å². The van der Waals surface area contributed by atoms with Crippen molar-refractivity contribution in [2.45, 2.75) is 64.1 Å². The van der Waals surface area contributed by atoms with Crippen molar-refractivity contribution in [3.8, 4) is 0 Å². The van der Waals surface area contributed by atoms with Crippen molar-refractivity contribution in [1.29, 1.82) is 0 Å². The van der Waals surface area contributed by atoms with Crippen LogP contribution in [0.4, 0.5) is 0 Å². The van der Waals surface area contributed by atoms with Crippen LogP contribution in [0.5, 0.6) is 0 Å². The maximum absolute atomic E-state index is 12.3. The van der Waals surface area contributed by atoms with Crippen LogP contribution in [0.3, 0.4) is 0 Å². The molecule has 2 aliphatic heterocycles. The minimum atomic E-state index is -0.0345. The molecule has 2 atom stereocenters. The molecule has 0 saturated carbocycles. The van der Waals surface area contributed by atoms with Crippen LogP contribution in [-0.4, -0.2) is 33.3 Å². The number of fused-ring (bicyclic) bond motifs is 1. The normalized spacial score (nSPS) is 26.1. The number of nitrogens with zero attached hydrogens (tertiary/aromatic N) is 3. The van der Waals surface area contributed by atoms with Crippen molar-refractivity contribution in [1.82, 2.24) is 25.4 Å². The lowest BCUT2D eigenvalue weighted by Crippen LogP contribution is -2.48. The average molecular weight is 277 g/mol. The fraction of sp³-hybridized carbons (Fsp3) is 0.786. The van der Waals surface area contributed by atoms with Crippen molar-refractivity contribution < 1.29 is 4.79 Å². The first-order chi connectivity index (χ1) is 9.78. The maximum atomic E-state index is 12.3. The fourth-order valence-electron chi connectivity index (χ4n) is 3.03. The molecule has 6 nitrogen and oxygen atoms in total. The fourth-order valence-corrected chi connectivity index (χ4v) is 3.03. The molecule has 0 aliphatic carbocycles. The summed E-state index contributed by atoms with van der Waals surface area (Å²) in [6.45, 7) is 3.91. The van der Waals surface area contributed by atoms with E-state index in [0.29, 0.717) is 0 Å². The molecule has 0 bridgehead atoms. The van der Waals surface area contributed by atoms with Crippen LogP contribution in [-0.2, 0) is 17.8 Å². The van der Waals surface area contributed by atoms with E-state index in [1.165, 1.54) is 6.42 Å². The highest BCUT2D eigenvalue weighted by atomic mass is 16.2. The molecule has 1 aromatic rings. The van der Waals surface area contributed by atoms with E-state index in [2.05, 4.69) is 27.6 Å². The first-order valence-corrected chi connectivity index (χ1v) is 7.75. The van der Waals surface area contributed by atoms with Crippen LogP contribution < -0.4 is 10.6 Å². The first kappa shape index (κ1) is 13.5. The summed E-state index contributed by atoms with van der Waals surface area (Å²) in [5.41, 5.74) is 0. The summed E-state index contributed by atoms with van der Waals surface area (Å²) >= 11 is 0. The van der Waals surface area contributed by atoms with Crippen molar-refractivity contribution >= 4 is 5.91 Å². The molecule has 3 heterocycles. The average Bonchev–Trinajstić information content (AvgIpc) is 2.92. The predicted molar refractivity (Wildman–Crippen MR) is 75.2 cm³/mol. The molecule has 6 heteroatoms. The highest BCUT2D eigenvalue weighted by Crippen LogP contribution is 2.23. The summed E-state index contributed by atoms with van der Waals surface area (Å²) in [7, 11) is 0. The Morgan fingerprint density at radius 3 is 3.05 bits per heavy atom. The van der Waals surface area contributed by atoms with Crippen LogP contribution in [0.15, 0.2) is 0 Å². The van der Waals surface area contributed by atoms with Gasteiger partial charge in [-0.2, -0.15) is 5.10 Å². The van der Waals surface area contributed by atoms with E-state index in [1.807, 2.05) is 4.68 Å². The van der Waals surface area contributed by atoms with Crippen molar-refractivity contribution in [3.05, 3.63) is 11.6 Å². The summed E-state index contributed by atoms with van der Waals surface area (Å²) < 4.78 is 1.96. The highest BCUT2D eigenvalue weighted by molar-refractivity contribution is 5.82. The molecule has 2 aliphatic rings. The zero-order valence-corrected chi connectivity index (χ0v) is 12.1. The Morgan fingerprint density at radius 2 is 2.30 bits per heavy atom. The van der Waals surface area contributed by atoms with Gasteiger partial charge in [0.25, 0.3) is 0 Å². The Bertz CT molecular complexity index is 478. The number of nitrogens with one attached hydrogen (secondary N) is 2. The number of aryl methyl sites for hydroxylation is 2. The lowest BCUT2D eigenvalue weighted by Gasteiger charge is -2.27. The summed E-state index contributed by atoms with van der Waals surface area (Å²) in [4.78, 5) is 16.9. The quantitative estimate of drug-likeness (QED) is 0.862. The van der Waals surface area contributed by atoms with Gasteiger partial charge in [0.15, 0.2) is 5.82 Å². The zero-order chi connectivity index (χ0) is 13.9. The Balaban J connectivity index is 1.69. The molecule has 2 N–H and O–H groups in total. The van der Waals surface area contributed by atoms with Gasteiger partial charge in [0.05, 0.1) is 12.1 Å². The molecule has 0 radical (unpaired) electrons. The van der Waals surface area contributed by atoms with E-state index < -0.39 is 0 Å². The van der Waals surface area contributed by atoms with E-state index in [1.54, 1.807) is 0 Å². The van der Waals surface area contributed by atoms with Crippen molar-refractivity contribution in [3.63, 3.8) is 0 Å². The van der Waals surface area contributed by atoms with Crippen molar-refractivity contribution in [2.75, 3.05) is 6.54 Å². The van der Waals surface area contributed by atoms with Gasteiger partial charge in [-0.05, 0) is 32.2 Å². The van der Waals surface area contributed by atoms with Crippen LogP contribution >= 0.6 is 0 Å². The lowest BCUT2D eigenvalue weighted by atomic mass is 10.0. The van der Waals surface area contributed by atoms with E-state index in [0.717, 1.165) is 56.8 Å². The van der Waals surface area contributed by atoms with Gasteiger partial charge in [0, 0.05) is 13.0 Å². The summed E-state index contributed by atoms with van der Waals surface area (Å²) in [6.07, 6.45) is 6.08. The predicted octanol–water partition coefficient (Wildman–Crippen LogP) is 0.934. The molecule has 2 unspecified atom stereocenters. The molecule has 3 rings (SSSR count). The topological polar surface area (TPSA) is 71.8 Å². The van der Waals surface area contributed by atoms with Crippen LogP contribution in [0, 0.1) is 0 Å². The largest absolute Gasteiger partial charge is 0.345 e. The number of rotatable bonds is 3. The Morgan fingerprint density at radius 1 is 1.40 bits per heavy atom. The van der Waals surface area contributed by atoms with Gasteiger partial charge >= 0.3 is 0 Å². The van der Waals surface area contributed by atoms with Crippen LogP contribution in [0.25, 0.3) is 0 Å². The number of amides is 1. The van der Waals surface area contributed by atoms with Gasteiger partial charge in [0.2, 0.25) is 5.91 Å². The first-order valence-electron chi connectivity index (χ1n) is 7.75. The van der Waals surface area contributed by atoms with Gasteiger partial charge < -0.3 is 10.6 Å². The molecule has 1 amide bonds. The number of hydrogen-bond donors (Lipinski definition) is 2. The summed E-state index contributed by atoms with van der Waals surface area (Å²) in [6, 6.07) is -0.0135. The van der Waals surface area contributed by atoms with Crippen LogP contribution in [0.1, 0.15) is 56.7 Å². The standard InChI is InChI=1S/C14H23N5O/c1-2-12-17-13-10(7-5-9-19(13)18-12)16-14(20)11-6-3-4-8-15-11/h10-11,15H,2-9H2,1H3,(H,16,20). The van der Waals surface area contributed by atoms with Crippen LogP contribution in [0.2, 0.25) is 0 Å². The minimum Gasteiger partial charge on any atom is -0.345 e. The minimum absolute atomic E-state index is 0.0211.